The SMILES string of the molecule is CN=C(NCc1c(F)cccc1OC(F)F)N1CCC(NC(=O)OC(C)(C)C)C1.I. The highest BCUT2D eigenvalue weighted by molar-refractivity contribution is 14.0. The summed E-state index contributed by atoms with van der Waals surface area (Å²) in [4.78, 5) is 18.0. The lowest BCUT2D eigenvalue weighted by Crippen LogP contribution is -2.44. The first kappa shape index (κ1) is 26.1. The van der Waals surface area contributed by atoms with Crippen LogP contribution in [0.3, 0.4) is 0 Å². The zero-order valence-corrected chi connectivity index (χ0v) is 19.7. The first-order valence-electron chi connectivity index (χ1n) is 9.26. The van der Waals surface area contributed by atoms with E-state index >= 15 is 0 Å². The van der Waals surface area contributed by atoms with Gasteiger partial charge in [-0.2, -0.15) is 8.78 Å². The lowest BCUT2D eigenvalue weighted by Gasteiger charge is -2.23. The van der Waals surface area contributed by atoms with Gasteiger partial charge in [0.1, 0.15) is 17.2 Å². The molecule has 1 unspecified atom stereocenters. The summed E-state index contributed by atoms with van der Waals surface area (Å²) in [6.45, 7) is 3.32. The van der Waals surface area contributed by atoms with Crippen molar-refractivity contribution in [3.8, 4) is 5.75 Å². The molecule has 30 heavy (non-hydrogen) atoms. The van der Waals surface area contributed by atoms with Crippen LogP contribution in [0.25, 0.3) is 0 Å². The molecule has 1 fully saturated rings. The van der Waals surface area contributed by atoms with Gasteiger partial charge in [-0.25, -0.2) is 9.18 Å². The van der Waals surface area contributed by atoms with Crippen LogP contribution >= 0.6 is 24.0 Å². The molecular formula is C19H28F3IN4O3. The Kier molecular flexibility index (Phi) is 9.98. The number of guanidine groups is 1. The van der Waals surface area contributed by atoms with Gasteiger partial charge < -0.3 is 25.0 Å². The van der Waals surface area contributed by atoms with Crippen molar-refractivity contribution in [3.63, 3.8) is 0 Å². The molecule has 1 aliphatic heterocycles. The van der Waals surface area contributed by atoms with E-state index in [-0.39, 0.29) is 47.9 Å². The molecule has 2 N–H and O–H groups in total. The molecule has 0 aliphatic carbocycles. The van der Waals surface area contributed by atoms with Crippen LogP contribution in [0.4, 0.5) is 18.0 Å². The molecule has 1 aliphatic rings. The van der Waals surface area contributed by atoms with E-state index in [1.54, 1.807) is 27.8 Å². The average molecular weight is 544 g/mol. The number of carbonyl (C=O) groups is 1. The fraction of sp³-hybridized carbons (Fsp3) is 0.579. The molecule has 0 bridgehead atoms. The number of halogens is 4. The zero-order valence-electron chi connectivity index (χ0n) is 17.4. The van der Waals surface area contributed by atoms with Crippen molar-refractivity contribution in [1.82, 2.24) is 15.5 Å². The van der Waals surface area contributed by atoms with Crippen molar-refractivity contribution in [2.24, 2.45) is 4.99 Å². The molecule has 1 heterocycles. The Morgan fingerprint density at radius 1 is 1.37 bits per heavy atom. The second-order valence-electron chi connectivity index (χ2n) is 7.57. The molecule has 0 radical (unpaired) electrons. The number of rotatable bonds is 5. The summed E-state index contributed by atoms with van der Waals surface area (Å²) >= 11 is 0. The second kappa shape index (κ2) is 11.5. The monoisotopic (exact) mass is 544 g/mol. The number of alkyl halides is 2. The van der Waals surface area contributed by atoms with Gasteiger partial charge >= 0.3 is 12.7 Å². The molecular weight excluding hydrogens is 516 g/mol. The van der Waals surface area contributed by atoms with Crippen LogP contribution in [-0.4, -0.2) is 55.3 Å². The fourth-order valence-corrected chi connectivity index (χ4v) is 2.96. The quantitative estimate of drug-likeness (QED) is 0.336. The smallest absolute Gasteiger partial charge is 0.407 e. The van der Waals surface area contributed by atoms with E-state index < -0.39 is 24.1 Å². The number of hydrogen-bond donors (Lipinski definition) is 2. The highest BCUT2D eigenvalue weighted by atomic mass is 127. The molecule has 1 atom stereocenters. The average Bonchev–Trinajstić information content (AvgIpc) is 3.03. The molecule has 170 valence electrons. The largest absolute Gasteiger partial charge is 0.444 e. The normalized spacial score (nSPS) is 16.9. The van der Waals surface area contributed by atoms with Crippen molar-refractivity contribution in [3.05, 3.63) is 29.6 Å². The molecule has 1 amide bonds. The number of aliphatic imine (C=N–C) groups is 1. The number of benzene rings is 1. The maximum Gasteiger partial charge on any atom is 0.407 e. The third-order valence-electron chi connectivity index (χ3n) is 4.14. The highest BCUT2D eigenvalue weighted by Gasteiger charge is 2.28. The Hall–Kier alpha value is -1.92. The van der Waals surface area contributed by atoms with E-state index in [2.05, 4.69) is 20.4 Å². The molecule has 0 saturated carbocycles. The Morgan fingerprint density at radius 3 is 2.67 bits per heavy atom. The number of nitrogens with one attached hydrogen (secondary N) is 2. The number of nitrogens with zero attached hydrogens (tertiary/aromatic N) is 2. The summed E-state index contributed by atoms with van der Waals surface area (Å²) in [6, 6.07) is 3.63. The number of ether oxygens (including phenoxy) is 2. The lowest BCUT2D eigenvalue weighted by atomic mass is 10.2. The Bertz CT molecular complexity index is 744. The Balaban J connectivity index is 0.00000450. The van der Waals surface area contributed by atoms with Gasteiger partial charge in [0.2, 0.25) is 0 Å². The van der Waals surface area contributed by atoms with Gasteiger partial charge in [0, 0.05) is 32.2 Å². The van der Waals surface area contributed by atoms with Gasteiger partial charge in [-0.15, -0.1) is 24.0 Å². The predicted octanol–water partition coefficient (Wildman–Crippen LogP) is 3.72. The van der Waals surface area contributed by atoms with Gasteiger partial charge in [0.25, 0.3) is 0 Å². The lowest BCUT2D eigenvalue weighted by molar-refractivity contribution is -0.0506. The highest BCUT2D eigenvalue weighted by Crippen LogP contribution is 2.23. The van der Waals surface area contributed by atoms with Crippen molar-refractivity contribution in [1.29, 1.82) is 0 Å². The van der Waals surface area contributed by atoms with Gasteiger partial charge in [-0.3, -0.25) is 4.99 Å². The van der Waals surface area contributed by atoms with Crippen molar-refractivity contribution < 1.29 is 27.4 Å². The standard InChI is InChI=1S/C19H27F3N4O3.HI/c1-19(2,3)29-18(27)25-12-8-9-26(11-12)17(23-4)24-10-13-14(20)6-5-7-15(13)28-16(21)22;/h5-7,12,16H,8-11H2,1-4H3,(H,23,24)(H,25,27);1H. The number of likely N-dealkylation sites (tertiary alicyclic amines) is 1. The first-order valence-corrected chi connectivity index (χ1v) is 9.26. The van der Waals surface area contributed by atoms with Crippen LogP contribution in [0.1, 0.15) is 32.8 Å². The third kappa shape index (κ3) is 8.07. The van der Waals surface area contributed by atoms with Gasteiger partial charge in [0.15, 0.2) is 5.96 Å². The van der Waals surface area contributed by atoms with Crippen LogP contribution in [0.15, 0.2) is 23.2 Å². The number of amides is 1. The van der Waals surface area contributed by atoms with E-state index in [0.717, 1.165) is 0 Å². The minimum absolute atomic E-state index is 0. The maximum absolute atomic E-state index is 14.1. The molecule has 2 rings (SSSR count). The van der Waals surface area contributed by atoms with Crippen LogP contribution in [0.2, 0.25) is 0 Å². The summed E-state index contributed by atoms with van der Waals surface area (Å²) in [5.41, 5.74) is -0.603. The summed E-state index contributed by atoms with van der Waals surface area (Å²) in [7, 11) is 1.56. The summed E-state index contributed by atoms with van der Waals surface area (Å²) < 4.78 is 48.8. The zero-order chi connectivity index (χ0) is 21.6. The van der Waals surface area contributed by atoms with Crippen LogP contribution in [0.5, 0.6) is 5.75 Å². The molecule has 7 nitrogen and oxygen atoms in total. The molecule has 11 heteroatoms. The van der Waals surface area contributed by atoms with Gasteiger partial charge in [-0.1, -0.05) is 6.07 Å². The molecule has 1 aromatic carbocycles. The molecule has 1 aromatic rings. The van der Waals surface area contributed by atoms with E-state index in [4.69, 9.17) is 4.74 Å². The minimum atomic E-state index is -3.05. The van der Waals surface area contributed by atoms with E-state index in [9.17, 15) is 18.0 Å². The van der Waals surface area contributed by atoms with E-state index in [1.165, 1.54) is 18.2 Å². The molecule has 0 aromatic heterocycles. The topological polar surface area (TPSA) is 75.2 Å². The van der Waals surface area contributed by atoms with Crippen molar-refractivity contribution >= 4 is 36.0 Å². The van der Waals surface area contributed by atoms with E-state index in [0.29, 0.717) is 25.5 Å². The Morgan fingerprint density at radius 2 is 2.07 bits per heavy atom. The predicted molar refractivity (Wildman–Crippen MR) is 118 cm³/mol. The third-order valence-corrected chi connectivity index (χ3v) is 4.14. The fourth-order valence-electron chi connectivity index (χ4n) is 2.96. The van der Waals surface area contributed by atoms with Gasteiger partial charge in [-0.05, 0) is 39.3 Å². The summed E-state index contributed by atoms with van der Waals surface area (Å²) in [5.74, 6) is -0.421. The number of alkyl carbamates (subject to hydrolysis) is 1. The van der Waals surface area contributed by atoms with Gasteiger partial charge in [0.05, 0.1) is 6.04 Å². The number of carbonyl (C=O) groups excluding carboxylic acids is 1. The summed E-state index contributed by atoms with van der Waals surface area (Å²) in [5, 5.41) is 5.77. The van der Waals surface area contributed by atoms with Crippen LogP contribution < -0.4 is 15.4 Å². The van der Waals surface area contributed by atoms with Crippen molar-refractivity contribution in [2.75, 3.05) is 20.1 Å². The maximum atomic E-state index is 14.1. The first-order chi connectivity index (χ1) is 13.6. The van der Waals surface area contributed by atoms with Crippen LogP contribution in [0, 0.1) is 5.82 Å². The molecule has 0 spiro atoms. The Labute approximate surface area is 191 Å². The number of hydrogen-bond acceptors (Lipinski definition) is 4. The molecule has 1 saturated heterocycles. The van der Waals surface area contributed by atoms with Crippen molar-refractivity contribution in [2.45, 2.75) is 52.0 Å². The van der Waals surface area contributed by atoms with E-state index in [1.807, 2.05) is 4.90 Å². The second-order valence-corrected chi connectivity index (χ2v) is 7.57. The van der Waals surface area contributed by atoms with Crippen LogP contribution in [-0.2, 0) is 11.3 Å². The summed E-state index contributed by atoms with van der Waals surface area (Å²) in [6.07, 6.45) is 0.187. The minimum Gasteiger partial charge on any atom is -0.444 e.